The van der Waals surface area contributed by atoms with Crippen molar-refractivity contribution in [2.24, 2.45) is 7.05 Å². The SMILES string of the molecule is Cn1nc(C2CC2)nc1CC(=O)N1CCC(C(=O)O)c2ccccc21. The molecule has 2 heterocycles. The number of anilines is 1. The van der Waals surface area contributed by atoms with E-state index in [0.29, 0.717) is 36.0 Å². The molecule has 4 rings (SSSR count). The number of hydrogen-bond donors (Lipinski definition) is 1. The van der Waals surface area contributed by atoms with Crippen molar-refractivity contribution >= 4 is 17.6 Å². The van der Waals surface area contributed by atoms with Crippen LogP contribution in [0.25, 0.3) is 0 Å². The summed E-state index contributed by atoms with van der Waals surface area (Å²) in [5.41, 5.74) is 1.39. The standard InChI is InChI=1S/C18H20N4O3/c1-21-15(19-17(20-21)11-6-7-11)10-16(23)22-9-8-13(18(24)25)12-4-2-3-5-14(12)22/h2-5,11,13H,6-10H2,1H3,(H,24,25). The van der Waals surface area contributed by atoms with E-state index in [1.165, 1.54) is 0 Å². The molecule has 130 valence electrons. The third-order valence-electron chi connectivity index (χ3n) is 4.96. The van der Waals surface area contributed by atoms with Gasteiger partial charge in [0.1, 0.15) is 5.82 Å². The van der Waals surface area contributed by atoms with E-state index in [9.17, 15) is 14.7 Å². The van der Waals surface area contributed by atoms with E-state index < -0.39 is 11.9 Å². The summed E-state index contributed by atoms with van der Waals surface area (Å²) in [6.45, 7) is 0.403. The van der Waals surface area contributed by atoms with Gasteiger partial charge < -0.3 is 10.0 Å². The average molecular weight is 340 g/mol. The summed E-state index contributed by atoms with van der Waals surface area (Å²) in [4.78, 5) is 30.5. The van der Waals surface area contributed by atoms with E-state index in [4.69, 9.17) is 0 Å². The van der Waals surface area contributed by atoms with Crippen LogP contribution in [-0.4, -0.2) is 38.3 Å². The van der Waals surface area contributed by atoms with Crippen molar-refractivity contribution in [3.05, 3.63) is 41.5 Å². The number of aromatic nitrogens is 3. The smallest absolute Gasteiger partial charge is 0.311 e. The molecule has 1 fully saturated rings. The van der Waals surface area contributed by atoms with Gasteiger partial charge in [-0.2, -0.15) is 5.10 Å². The van der Waals surface area contributed by atoms with Crippen LogP contribution in [0.2, 0.25) is 0 Å². The highest BCUT2D eigenvalue weighted by Crippen LogP contribution is 2.38. The number of amides is 1. The molecule has 25 heavy (non-hydrogen) atoms. The number of para-hydroxylation sites is 1. The minimum atomic E-state index is -0.845. The Morgan fingerprint density at radius 3 is 2.72 bits per heavy atom. The molecule has 2 aromatic rings. The van der Waals surface area contributed by atoms with Gasteiger partial charge in [0.2, 0.25) is 5.91 Å². The summed E-state index contributed by atoms with van der Waals surface area (Å²) in [5.74, 6) is 0.453. The quantitative estimate of drug-likeness (QED) is 0.917. The monoisotopic (exact) mass is 340 g/mol. The van der Waals surface area contributed by atoms with Gasteiger partial charge in [0.15, 0.2) is 5.82 Å². The zero-order valence-electron chi connectivity index (χ0n) is 14.1. The second-order valence-corrected chi connectivity index (χ2v) is 6.74. The molecule has 1 atom stereocenters. The van der Waals surface area contributed by atoms with Crippen molar-refractivity contribution in [2.45, 2.75) is 37.5 Å². The third kappa shape index (κ3) is 2.90. The number of rotatable bonds is 4. The Bertz CT molecular complexity index is 841. The largest absolute Gasteiger partial charge is 0.481 e. The van der Waals surface area contributed by atoms with Crippen LogP contribution in [0.4, 0.5) is 5.69 Å². The number of carbonyl (C=O) groups excluding carboxylic acids is 1. The van der Waals surface area contributed by atoms with Gasteiger partial charge >= 0.3 is 5.97 Å². The fourth-order valence-corrected chi connectivity index (χ4v) is 3.42. The topological polar surface area (TPSA) is 88.3 Å². The number of fused-ring (bicyclic) bond motifs is 1. The minimum absolute atomic E-state index is 0.0749. The lowest BCUT2D eigenvalue weighted by Gasteiger charge is -2.32. The average Bonchev–Trinajstić information content (AvgIpc) is 3.38. The normalized spacial score (nSPS) is 19.6. The predicted molar refractivity (Wildman–Crippen MR) is 90.5 cm³/mol. The molecule has 0 radical (unpaired) electrons. The van der Waals surface area contributed by atoms with E-state index in [2.05, 4.69) is 10.1 Å². The maximum Gasteiger partial charge on any atom is 0.311 e. The van der Waals surface area contributed by atoms with Gasteiger partial charge in [-0.15, -0.1) is 0 Å². The van der Waals surface area contributed by atoms with Crippen LogP contribution >= 0.6 is 0 Å². The number of carboxylic acids is 1. The summed E-state index contributed by atoms with van der Waals surface area (Å²) in [6.07, 6.45) is 2.83. The zero-order chi connectivity index (χ0) is 17.6. The lowest BCUT2D eigenvalue weighted by molar-refractivity contribution is -0.139. The fraction of sp³-hybridized carbons (Fsp3) is 0.444. The second-order valence-electron chi connectivity index (χ2n) is 6.74. The number of carboxylic acid groups (broad SMARTS) is 1. The number of aliphatic carboxylic acids is 1. The van der Waals surface area contributed by atoms with E-state index in [1.54, 1.807) is 15.6 Å². The molecule has 1 aromatic carbocycles. The number of aryl methyl sites for hydroxylation is 1. The molecule has 7 heteroatoms. The summed E-state index contributed by atoms with van der Waals surface area (Å²) in [5, 5.41) is 13.8. The highest BCUT2D eigenvalue weighted by atomic mass is 16.4. The van der Waals surface area contributed by atoms with Gasteiger partial charge in [0.25, 0.3) is 0 Å². The summed E-state index contributed by atoms with van der Waals surface area (Å²) in [6, 6.07) is 7.25. The lowest BCUT2D eigenvalue weighted by Crippen LogP contribution is -2.39. The first-order valence-electron chi connectivity index (χ1n) is 8.56. The van der Waals surface area contributed by atoms with E-state index in [-0.39, 0.29) is 12.3 Å². The van der Waals surface area contributed by atoms with Gasteiger partial charge in [-0.25, -0.2) is 4.98 Å². The molecular formula is C18H20N4O3. The highest BCUT2D eigenvalue weighted by Gasteiger charge is 2.33. The number of benzene rings is 1. The van der Waals surface area contributed by atoms with Crippen LogP contribution in [0.3, 0.4) is 0 Å². The molecule has 0 spiro atoms. The van der Waals surface area contributed by atoms with Gasteiger partial charge in [-0.3, -0.25) is 14.3 Å². The van der Waals surface area contributed by atoms with Crippen LogP contribution in [0.5, 0.6) is 0 Å². The van der Waals surface area contributed by atoms with Crippen molar-refractivity contribution in [3.63, 3.8) is 0 Å². The zero-order valence-corrected chi connectivity index (χ0v) is 14.1. The first-order valence-corrected chi connectivity index (χ1v) is 8.56. The van der Waals surface area contributed by atoms with Crippen LogP contribution in [0.15, 0.2) is 24.3 Å². The van der Waals surface area contributed by atoms with Crippen LogP contribution < -0.4 is 4.90 Å². The van der Waals surface area contributed by atoms with Gasteiger partial charge in [0, 0.05) is 25.2 Å². The predicted octanol–water partition coefficient (Wildman–Crippen LogP) is 1.84. The molecule has 1 N–H and O–H groups in total. The van der Waals surface area contributed by atoms with Crippen LogP contribution in [-0.2, 0) is 23.1 Å². The first-order chi connectivity index (χ1) is 12.0. The van der Waals surface area contributed by atoms with E-state index in [1.807, 2.05) is 25.2 Å². The number of hydrogen-bond acceptors (Lipinski definition) is 4. The van der Waals surface area contributed by atoms with Crippen molar-refractivity contribution in [1.29, 1.82) is 0 Å². The van der Waals surface area contributed by atoms with Crippen molar-refractivity contribution in [2.75, 3.05) is 11.4 Å². The molecule has 1 saturated carbocycles. The number of carbonyl (C=O) groups is 2. The Morgan fingerprint density at radius 1 is 1.24 bits per heavy atom. The number of nitrogens with zero attached hydrogens (tertiary/aromatic N) is 4. The van der Waals surface area contributed by atoms with Crippen molar-refractivity contribution in [1.82, 2.24) is 14.8 Å². The molecule has 1 aliphatic heterocycles. The Labute approximate surface area is 145 Å². The fourth-order valence-electron chi connectivity index (χ4n) is 3.42. The summed E-state index contributed by atoms with van der Waals surface area (Å²) in [7, 11) is 1.81. The molecular weight excluding hydrogens is 320 g/mol. The molecule has 1 aliphatic carbocycles. The molecule has 1 unspecified atom stereocenters. The summed E-state index contributed by atoms with van der Waals surface area (Å²) < 4.78 is 1.68. The van der Waals surface area contributed by atoms with Gasteiger partial charge in [0.05, 0.1) is 12.3 Å². The molecule has 1 amide bonds. The van der Waals surface area contributed by atoms with Crippen molar-refractivity contribution in [3.8, 4) is 0 Å². The molecule has 0 saturated heterocycles. The Kier molecular flexibility index (Phi) is 3.78. The van der Waals surface area contributed by atoms with Crippen LogP contribution in [0.1, 0.15) is 48.3 Å². The molecule has 7 nitrogen and oxygen atoms in total. The van der Waals surface area contributed by atoms with Crippen molar-refractivity contribution < 1.29 is 14.7 Å². The maximum atomic E-state index is 12.9. The van der Waals surface area contributed by atoms with E-state index in [0.717, 1.165) is 18.7 Å². The Morgan fingerprint density at radius 2 is 2.00 bits per heavy atom. The van der Waals surface area contributed by atoms with Gasteiger partial charge in [-0.05, 0) is 30.9 Å². The van der Waals surface area contributed by atoms with E-state index >= 15 is 0 Å². The maximum absolute atomic E-state index is 12.9. The second kappa shape index (κ2) is 5.98. The highest BCUT2D eigenvalue weighted by molar-refractivity contribution is 5.97. The Hall–Kier alpha value is -2.70. The lowest BCUT2D eigenvalue weighted by atomic mass is 9.90. The van der Waals surface area contributed by atoms with Gasteiger partial charge in [-0.1, -0.05) is 18.2 Å². The third-order valence-corrected chi connectivity index (χ3v) is 4.96. The van der Waals surface area contributed by atoms with Crippen LogP contribution in [0, 0.1) is 0 Å². The molecule has 2 aliphatic rings. The first kappa shape index (κ1) is 15.8. The summed E-state index contributed by atoms with van der Waals surface area (Å²) >= 11 is 0. The Balaban J connectivity index is 1.58. The molecule has 0 bridgehead atoms. The molecule has 1 aromatic heterocycles. The minimum Gasteiger partial charge on any atom is -0.481 e.